The molecule has 0 bridgehead atoms. The number of benzene rings is 2. The maximum Gasteiger partial charge on any atom is 0.326 e. The number of imide groups is 1. The van der Waals surface area contributed by atoms with E-state index in [1.165, 1.54) is 12.0 Å². The Balaban J connectivity index is 1.83. The molecule has 4 rings (SSSR count). The zero-order valence-electron chi connectivity index (χ0n) is 19.3. The molecule has 1 N–H and O–H groups in total. The number of rotatable bonds is 7. The molecule has 174 valence electrons. The standard InChI is InChI=1S/C25H29N3O4S/c1-27(2)17-12-10-16(11-13-17)21-19-20(25(26-21,14-15-33-4)24(31)32-3)23(30)28(22(19)29)18-8-6-5-7-9-18/h5-13,19-21,26H,14-15H2,1-4H3. The fraction of sp³-hybridized carbons (Fsp3) is 0.400. The Morgan fingerprint density at radius 1 is 1.09 bits per heavy atom. The summed E-state index contributed by atoms with van der Waals surface area (Å²) in [5.41, 5.74) is 1.13. The van der Waals surface area contributed by atoms with Gasteiger partial charge in [-0.2, -0.15) is 11.8 Å². The number of carbonyl (C=O) groups is 3. The molecule has 0 spiro atoms. The molecule has 2 heterocycles. The van der Waals surface area contributed by atoms with Crippen molar-refractivity contribution in [1.82, 2.24) is 5.32 Å². The maximum absolute atomic E-state index is 13.8. The van der Waals surface area contributed by atoms with Crippen LogP contribution in [0.2, 0.25) is 0 Å². The summed E-state index contributed by atoms with van der Waals surface area (Å²) in [5, 5.41) is 3.42. The minimum absolute atomic E-state index is 0.291. The average Bonchev–Trinajstić information content (AvgIpc) is 3.32. The Morgan fingerprint density at radius 2 is 1.76 bits per heavy atom. The lowest BCUT2D eigenvalue weighted by atomic mass is 9.78. The highest BCUT2D eigenvalue weighted by molar-refractivity contribution is 7.98. The Bertz CT molecular complexity index is 1040. The lowest BCUT2D eigenvalue weighted by Gasteiger charge is -2.32. The van der Waals surface area contributed by atoms with Crippen molar-refractivity contribution in [2.24, 2.45) is 11.8 Å². The first-order valence-electron chi connectivity index (χ1n) is 10.9. The van der Waals surface area contributed by atoms with Crippen LogP contribution in [0.25, 0.3) is 0 Å². The van der Waals surface area contributed by atoms with Crippen molar-refractivity contribution in [3.63, 3.8) is 0 Å². The highest BCUT2D eigenvalue weighted by Crippen LogP contribution is 2.51. The molecule has 33 heavy (non-hydrogen) atoms. The topological polar surface area (TPSA) is 79.0 Å². The van der Waals surface area contributed by atoms with Gasteiger partial charge in [-0.15, -0.1) is 0 Å². The molecule has 0 aromatic heterocycles. The van der Waals surface area contributed by atoms with Crippen LogP contribution >= 0.6 is 11.8 Å². The molecular weight excluding hydrogens is 438 g/mol. The number of hydrogen-bond donors (Lipinski definition) is 1. The normalized spacial score (nSPS) is 26.4. The van der Waals surface area contributed by atoms with Crippen LogP contribution in [0.3, 0.4) is 0 Å². The second-order valence-electron chi connectivity index (χ2n) is 8.66. The van der Waals surface area contributed by atoms with Crippen molar-refractivity contribution in [3.05, 3.63) is 60.2 Å². The van der Waals surface area contributed by atoms with Crippen LogP contribution in [0.15, 0.2) is 54.6 Å². The highest BCUT2D eigenvalue weighted by atomic mass is 32.2. The van der Waals surface area contributed by atoms with E-state index in [0.29, 0.717) is 17.9 Å². The summed E-state index contributed by atoms with van der Waals surface area (Å²) in [5.74, 6) is -2.06. The van der Waals surface area contributed by atoms with Gasteiger partial charge in [0.15, 0.2) is 0 Å². The van der Waals surface area contributed by atoms with E-state index in [4.69, 9.17) is 4.74 Å². The zero-order chi connectivity index (χ0) is 23.8. The lowest BCUT2D eigenvalue weighted by molar-refractivity contribution is -0.152. The minimum Gasteiger partial charge on any atom is -0.468 e. The number of amides is 2. The first-order chi connectivity index (χ1) is 15.9. The van der Waals surface area contributed by atoms with Crippen molar-refractivity contribution in [2.75, 3.05) is 43.0 Å². The quantitative estimate of drug-likeness (QED) is 0.496. The number of thioether (sulfide) groups is 1. The number of nitrogens with zero attached hydrogens (tertiary/aromatic N) is 2. The first kappa shape index (κ1) is 23.3. The van der Waals surface area contributed by atoms with Crippen molar-refractivity contribution in [3.8, 4) is 0 Å². The smallest absolute Gasteiger partial charge is 0.326 e. The number of para-hydroxylation sites is 1. The Morgan fingerprint density at radius 3 is 2.33 bits per heavy atom. The second kappa shape index (κ2) is 9.19. The molecule has 0 saturated carbocycles. The molecule has 2 fully saturated rings. The number of ether oxygens (including phenoxy) is 1. The summed E-state index contributed by atoms with van der Waals surface area (Å²) in [7, 11) is 5.25. The molecule has 0 radical (unpaired) electrons. The highest BCUT2D eigenvalue weighted by Gasteiger charge is 2.68. The van der Waals surface area contributed by atoms with E-state index in [1.54, 1.807) is 36.0 Å². The van der Waals surface area contributed by atoms with E-state index < -0.39 is 29.4 Å². The predicted molar refractivity (Wildman–Crippen MR) is 130 cm³/mol. The van der Waals surface area contributed by atoms with Gasteiger partial charge in [-0.05, 0) is 48.3 Å². The molecule has 2 aliphatic rings. The van der Waals surface area contributed by atoms with Crippen LogP contribution in [-0.2, 0) is 19.1 Å². The molecule has 8 heteroatoms. The SMILES string of the molecule is COC(=O)C1(CCSC)NC(c2ccc(N(C)C)cc2)C2C(=O)N(c3ccccc3)C(=O)C21. The van der Waals surface area contributed by atoms with Gasteiger partial charge in [0.05, 0.1) is 24.6 Å². The lowest BCUT2D eigenvalue weighted by Crippen LogP contribution is -2.56. The molecule has 7 nitrogen and oxygen atoms in total. The van der Waals surface area contributed by atoms with Gasteiger partial charge in [0.2, 0.25) is 11.8 Å². The molecule has 2 aliphatic heterocycles. The molecule has 4 atom stereocenters. The van der Waals surface area contributed by atoms with Gasteiger partial charge in [0.25, 0.3) is 0 Å². The number of nitrogens with one attached hydrogen (secondary N) is 1. The molecule has 2 saturated heterocycles. The Labute approximate surface area is 198 Å². The third-order valence-corrected chi connectivity index (χ3v) is 7.30. The van der Waals surface area contributed by atoms with Gasteiger partial charge >= 0.3 is 5.97 Å². The average molecular weight is 468 g/mol. The van der Waals surface area contributed by atoms with Crippen LogP contribution in [0, 0.1) is 11.8 Å². The van der Waals surface area contributed by atoms with Gasteiger partial charge in [0, 0.05) is 25.8 Å². The summed E-state index contributed by atoms with van der Waals surface area (Å²) in [6.07, 6.45) is 2.34. The molecule has 2 amide bonds. The van der Waals surface area contributed by atoms with E-state index in [-0.39, 0.29) is 11.8 Å². The van der Waals surface area contributed by atoms with Crippen molar-refractivity contribution in [2.45, 2.75) is 18.0 Å². The van der Waals surface area contributed by atoms with E-state index in [9.17, 15) is 14.4 Å². The third kappa shape index (κ3) is 3.81. The number of methoxy groups -OCH3 is 1. The Kier molecular flexibility index (Phi) is 6.50. The number of fused-ring (bicyclic) bond motifs is 1. The van der Waals surface area contributed by atoms with Gasteiger partial charge < -0.3 is 9.64 Å². The number of anilines is 2. The predicted octanol–water partition coefficient (Wildman–Crippen LogP) is 2.87. The van der Waals surface area contributed by atoms with Crippen molar-refractivity contribution in [1.29, 1.82) is 0 Å². The molecule has 2 aromatic rings. The van der Waals surface area contributed by atoms with E-state index in [2.05, 4.69) is 5.32 Å². The van der Waals surface area contributed by atoms with Crippen molar-refractivity contribution < 1.29 is 19.1 Å². The van der Waals surface area contributed by atoms with Gasteiger partial charge in [-0.25, -0.2) is 4.90 Å². The number of hydrogen-bond acceptors (Lipinski definition) is 7. The molecule has 4 unspecified atom stereocenters. The number of carbonyl (C=O) groups excluding carboxylic acids is 3. The minimum atomic E-state index is -1.27. The van der Waals surface area contributed by atoms with Crippen LogP contribution in [0.5, 0.6) is 0 Å². The maximum atomic E-state index is 13.8. The van der Waals surface area contributed by atoms with Crippen LogP contribution in [0.4, 0.5) is 11.4 Å². The van der Waals surface area contributed by atoms with Gasteiger partial charge in [-0.1, -0.05) is 30.3 Å². The largest absolute Gasteiger partial charge is 0.468 e. The van der Waals surface area contributed by atoms with Crippen LogP contribution in [0.1, 0.15) is 18.0 Å². The van der Waals surface area contributed by atoms with Gasteiger partial charge in [0.1, 0.15) is 5.54 Å². The fourth-order valence-electron chi connectivity index (χ4n) is 5.07. The van der Waals surface area contributed by atoms with Crippen LogP contribution < -0.4 is 15.1 Å². The summed E-state index contributed by atoms with van der Waals surface area (Å²) < 4.78 is 5.20. The molecule has 0 aliphatic carbocycles. The molecule has 2 aromatic carbocycles. The molecular formula is C25H29N3O4S. The first-order valence-corrected chi connectivity index (χ1v) is 12.3. The number of esters is 1. The van der Waals surface area contributed by atoms with E-state index in [1.807, 2.05) is 55.6 Å². The van der Waals surface area contributed by atoms with E-state index >= 15 is 0 Å². The van der Waals surface area contributed by atoms with Crippen LogP contribution in [-0.4, -0.2) is 56.5 Å². The Hall–Kier alpha value is -2.84. The van der Waals surface area contributed by atoms with Crippen molar-refractivity contribution >= 4 is 40.9 Å². The third-order valence-electron chi connectivity index (χ3n) is 6.69. The summed E-state index contributed by atoms with van der Waals surface area (Å²) in [4.78, 5) is 43.9. The van der Waals surface area contributed by atoms with E-state index in [0.717, 1.165) is 11.3 Å². The zero-order valence-corrected chi connectivity index (χ0v) is 20.1. The fourth-order valence-corrected chi connectivity index (χ4v) is 5.59. The van der Waals surface area contributed by atoms with Gasteiger partial charge in [-0.3, -0.25) is 19.7 Å². The monoisotopic (exact) mass is 467 g/mol. The summed E-state index contributed by atoms with van der Waals surface area (Å²) in [6, 6.07) is 16.3. The summed E-state index contributed by atoms with van der Waals surface area (Å²) in [6.45, 7) is 0. The summed E-state index contributed by atoms with van der Waals surface area (Å²) >= 11 is 1.59. The second-order valence-corrected chi connectivity index (χ2v) is 9.65.